The quantitative estimate of drug-likeness (QED) is 0.665. The van der Waals surface area contributed by atoms with Crippen LogP contribution in [-0.2, 0) is 9.53 Å². The first-order valence-electron chi connectivity index (χ1n) is 7.70. The summed E-state index contributed by atoms with van der Waals surface area (Å²) in [5, 5.41) is 2.09. The molecule has 0 unspecified atom stereocenters. The van der Waals surface area contributed by atoms with E-state index in [4.69, 9.17) is 10.5 Å². The minimum absolute atomic E-state index is 0.0860. The monoisotopic (exact) mass is 299 g/mol. The van der Waals surface area contributed by atoms with Gasteiger partial charge in [-0.3, -0.25) is 10.1 Å². The van der Waals surface area contributed by atoms with Gasteiger partial charge in [0.2, 0.25) is 5.91 Å². The fourth-order valence-electron chi connectivity index (χ4n) is 2.90. The second-order valence-corrected chi connectivity index (χ2v) is 6.43. The molecule has 0 saturated heterocycles. The Hall–Kier alpha value is -1.14. The van der Waals surface area contributed by atoms with Gasteiger partial charge in [-0.25, -0.2) is 4.79 Å². The molecule has 3 amide bonds. The molecule has 1 rings (SSSR count). The van der Waals surface area contributed by atoms with Crippen LogP contribution in [0.4, 0.5) is 4.79 Å². The molecule has 0 heterocycles. The topological polar surface area (TPSA) is 84.7 Å². The summed E-state index contributed by atoms with van der Waals surface area (Å²) in [6.45, 7) is 8.00. The van der Waals surface area contributed by atoms with Gasteiger partial charge in [-0.1, -0.05) is 27.2 Å². The summed E-state index contributed by atoms with van der Waals surface area (Å²) in [7, 11) is 2.01. The zero-order valence-electron chi connectivity index (χ0n) is 13.6. The third-order valence-electron chi connectivity index (χ3n) is 4.43. The molecule has 1 aliphatic rings. The van der Waals surface area contributed by atoms with E-state index >= 15 is 0 Å². The second kappa shape index (κ2) is 7.75. The minimum atomic E-state index is -0.795. The highest BCUT2D eigenvalue weighted by Crippen LogP contribution is 2.45. The van der Waals surface area contributed by atoms with E-state index in [0.717, 1.165) is 25.9 Å². The van der Waals surface area contributed by atoms with E-state index in [2.05, 4.69) is 31.0 Å². The minimum Gasteiger partial charge on any atom is -0.378 e. The zero-order chi connectivity index (χ0) is 16.0. The number of nitrogens with one attached hydrogen (secondary N) is 1. The van der Waals surface area contributed by atoms with Crippen molar-refractivity contribution in [2.24, 2.45) is 11.1 Å². The Morgan fingerprint density at radius 2 is 2.10 bits per heavy atom. The van der Waals surface area contributed by atoms with E-state index < -0.39 is 6.03 Å². The van der Waals surface area contributed by atoms with E-state index in [9.17, 15) is 9.59 Å². The largest absolute Gasteiger partial charge is 0.378 e. The molecule has 6 heteroatoms. The molecule has 2 atom stereocenters. The van der Waals surface area contributed by atoms with Crippen LogP contribution >= 0.6 is 0 Å². The van der Waals surface area contributed by atoms with Gasteiger partial charge in [-0.2, -0.15) is 0 Å². The molecule has 6 nitrogen and oxygen atoms in total. The van der Waals surface area contributed by atoms with Crippen molar-refractivity contribution in [2.75, 3.05) is 20.2 Å². The molecule has 0 aromatic carbocycles. The van der Waals surface area contributed by atoms with Crippen LogP contribution in [0.1, 0.15) is 46.5 Å². The number of urea groups is 1. The molecule has 0 aromatic heterocycles. The summed E-state index contributed by atoms with van der Waals surface area (Å²) in [6, 6.07) is -0.401. The SMILES string of the molecule is CCCCO[C@@H]1C[C@H](N(C)CCC(=O)NC(N)=O)C1(C)C. The summed E-state index contributed by atoms with van der Waals surface area (Å²) >= 11 is 0. The van der Waals surface area contributed by atoms with E-state index in [1.54, 1.807) is 0 Å². The Labute approximate surface area is 127 Å². The summed E-state index contributed by atoms with van der Waals surface area (Å²) in [5.41, 5.74) is 5.00. The van der Waals surface area contributed by atoms with Crippen molar-refractivity contribution in [3.63, 3.8) is 0 Å². The van der Waals surface area contributed by atoms with Gasteiger partial charge in [-0.05, 0) is 19.9 Å². The van der Waals surface area contributed by atoms with Crippen molar-refractivity contribution in [1.82, 2.24) is 10.2 Å². The van der Waals surface area contributed by atoms with Crippen molar-refractivity contribution in [3.05, 3.63) is 0 Å². The number of unbranched alkanes of at least 4 members (excludes halogenated alkanes) is 1. The van der Waals surface area contributed by atoms with Crippen molar-refractivity contribution in [1.29, 1.82) is 0 Å². The molecule has 21 heavy (non-hydrogen) atoms. The third kappa shape index (κ3) is 4.97. The lowest BCUT2D eigenvalue weighted by Crippen LogP contribution is -2.61. The van der Waals surface area contributed by atoms with Gasteiger partial charge in [-0.15, -0.1) is 0 Å². The molecule has 0 aliphatic heterocycles. The number of hydrogen-bond acceptors (Lipinski definition) is 4. The maximum absolute atomic E-state index is 11.4. The maximum atomic E-state index is 11.4. The predicted octanol–water partition coefficient (Wildman–Crippen LogP) is 1.49. The van der Waals surface area contributed by atoms with Crippen LogP contribution in [0.3, 0.4) is 0 Å². The average Bonchev–Trinajstić information content (AvgIpc) is 2.38. The summed E-state index contributed by atoms with van der Waals surface area (Å²) < 4.78 is 5.93. The molecule has 1 fully saturated rings. The van der Waals surface area contributed by atoms with Gasteiger partial charge in [0.25, 0.3) is 0 Å². The number of nitrogens with two attached hydrogens (primary N) is 1. The lowest BCUT2D eigenvalue weighted by atomic mass is 9.64. The summed E-state index contributed by atoms with van der Waals surface area (Å²) in [5.74, 6) is -0.331. The summed E-state index contributed by atoms with van der Waals surface area (Å²) in [6.07, 6.45) is 3.79. The molecule has 0 aromatic rings. The van der Waals surface area contributed by atoms with Gasteiger partial charge in [0.05, 0.1) is 6.10 Å². The fraction of sp³-hybridized carbons (Fsp3) is 0.867. The van der Waals surface area contributed by atoms with E-state index in [-0.39, 0.29) is 23.8 Å². The lowest BCUT2D eigenvalue weighted by Gasteiger charge is -2.55. The van der Waals surface area contributed by atoms with Crippen LogP contribution in [0.15, 0.2) is 0 Å². The van der Waals surface area contributed by atoms with Gasteiger partial charge >= 0.3 is 6.03 Å². The van der Waals surface area contributed by atoms with E-state index in [0.29, 0.717) is 12.6 Å². The van der Waals surface area contributed by atoms with Crippen molar-refractivity contribution < 1.29 is 14.3 Å². The van der Waals surface area contributed by atoms with Gasteiger partial charge in [0.15, 0.2) is 0 Å². The normalized spacial score (nSPS) is 23.7. The number of ether oxygens (including phenoxy) is 1. The molecular formula is C15H29N3O3. The number of carbonyl (C=O) groups is 2. The fourth-order valence-corrected chi connectivity index (χ4v) is 2.90. The number of nitrogens with zero attached hydrogens (tertiary/aromatic N) is 1. The van der Waals surface area contributed by atoms with Gasteiger partial charge in [0, 0.05) is 31.0 Å². The number of primary amides is 1. The zero-order valence-corrected chi connectivity index (χ0v) is 13.6. The Kier molecular flexibility index (Phi) is 6.61. The van der Waals surface area contributed by atoms with E-state index in [1.165, 1.54) is 0 Å². The first kappa shape index (κ1) is 17.9. The van der Waals surface area contributed by atoms with Crippen LogP contribution in [0.25, 0.3) is 0 Å². The standard InChI is InChI=1S/C15H29N3O3/c1-5-6-9-21-12-10-11(15(12,2)3)18(4)8-7-13(19)17-14(16)20/h11-12H,5-10H2,1-4H3,(H3,16,17,19,20)/t11-,12+/m0/s1. The molecule has 122 valence electrons. The highest BCUT2D eigenvalue weighted by molar-refractivity contribution is 5.93. The molecule has 1 saturated carbocycles. The first-order valence-corrected chi connectivity index (χ1v) is 7.70. The van der Waals surface area contributed by atoms with Crippen LogP contribution < -0.4 is 11.1 Å². The van der Waals surface area contributed by atoms with Crippen molar-refractivity contribution >= 4 is 11.9 Å². The smallest absolute Gasteiger partial charge is 0.318 e. The van der Waals surface area contributed by atoms with Crippen molar-refractivity contribution in [3.8, 4) is 0 Å². The summed E-state index contributed by atoms with van der Waals surface area (Å²) in [4.78, 5) is 24.2. The van der Waals surface area contributed by atoms with Crippen LogP contribution in [-0.4, -0.2) is 49.2 Å². The molecule has 0 spiro atoms. The second-order valence-electron chi connectivity index (χ2n) is 6.43. The van der Waals surface area contributed by atoms with Gasteiger partial charge in [0.1, 0.15) is 0 Å². The molecule has 0 radical (unpaired) electrons. The first-order chi connectivity index (χ1) is 9.78. The highest BCUT2D eigenvalue weighted by atomic mass is 16.5. The molecule has 0 bridgehead atoms. The Morgan fingerprint density at radius 3 is 2.62 bits per heavy atom. The molecule has 1 aliphatic carbocycles. The number of rotatable bonds is 8. The molecule has 3 N–H and O–H groups in total. The number of carbonyl (C=O) groups excluding carboxylic acids is 2. The highest BCUT2D eigenvalue weighted by Gasteiger charge is 2.50. The predicted molar refractivity (Wildman–Crippen MR) is 81.8 cm³/mol. The van der Waals surface area contributed by atoms with Crippen LogP contribution in [0.5, 0.6) is 0 Å². The van der Waals surface area contributed by atoms with E-state index in [1.807, 2.05) is 7.05 Å². The maximum Gasteiger partial charge on any atom is 0.318 e. The third-order valence-corrected chi connectivity index (χ3v) is 4.43. The Morgan fingerprint density at radius 1 is 1.43 bits per heavy atom. The average molecular weight is 299 g/mol. The van der Waals surface area contributed by atoms with Crippen molar-refractivity contribution in [2.45, 2.75) is 58.6 Å². The Bertz CT molecular complexity index is 371. The molecular weight excluding hydrogens is 270 g/mol. The van der Waals surface area contributed by atoms with Crippen LogP contribution in [0, 0.1) is 5.41 Å². The van der Waals surface area contributed by atoms with Crippen LogP contribution in [0.2, 0.25) is 0 Å². The Balaban J connectivity index is 2.34. The number of amides is 3. The lowest BCUT2D eigenvalue weighted by molar-refractivity contribution is -0.149. The number of hydrogen-bond donors (Lipinski definition) is 2. The van der Waals surface area contributed by atoms with Gasteiger partial charge < -0.3 is 15.4 Å². The number of imide groups is 1.